The molecule has 11 nitrogen and oxygen atoms in total. The van der Waals surface area contributed by atoms with Crippen molar-refractivity contribution in [2.45, 2.75) is 33.2 Å². The molecule has 0 bridgehead atoms. The Balaban J connectivity index is 1.46. The maximum atomic E-state index is 11.5. The van der Waals surface area contributed by atoms with Gasteiger partial charge in [0.05, 0.1) is 36.3 Å². The second-order valence-electron chi connectivity index (χ2n) is 9.08. The molecule has 0 aliphatic rings. The molecule has 192 valence electrons. The van der Waals surface area contributed by atoms with Gasteiger partial charge in [0.1, 0.15) is 41.1 Å². The van der Waals surface area contributed by atoms with Crippen LogP contribution in [0.2, 0.25) is 5.02 Å². The molecule has 1 aromatic carbocycles. The van der Waals surface area contributed by atoms with Gasteiger partial charge in [0.25, 0.3) is 0 Å². The lowest BCUT2D eigenvalue weighted by molar-refractivity contribution is 0.0891. The van der Waals surface area contributed by atoms with Crippen LogP contribution in [0.25, 0.3) is 10.9 Å². The van der Waals surface area contributed by atoms with Gasteiger partial charge in [-0.2, -0.15) is 0 Å². The lowest BCUT2D eigenvalue weighted by Gasteiger charge is -2.32. The number of aromatic nitrogens is 5. The molecule has 0 aliphatic heterocycles. The summed E-state index contributed by atoms with van der Waals surface area (Å²) < 4.78 is 11.6. The monoisotopic (exact) mass is 523 g/mol. The average molecular weight is 524 g/mol. The Morgan fingerprint density at radius 3 is 2.54 bits per heavy atom. The van der Waals surface area contributed by atoms with Crippen LogP contribution in [0.5, 0.6) is 17.4 Å². The van der Waals surface area contributed by atoms with Gasteiger partial charge in [0.2, 0.25) is 5.88 Å². The van der Waals surface area contributed by atoms with E-state index in [4.69, 9.17) is 21.1 Å². The highest BCUT2D eigenvalue weighted by Gasteiger charge is 2.25. The summed E-state index contributed by atoms with van der Waals surface area (Å²) in [6, 6.07) is 6.89. The zero-order chi connectivity index (χ0) is 26.6. The van der Waals surface area contributed by atoms with Gasteiger partial charge < -0.3 is 24.8 Å². The number of carbonyl (C=O) groups is 1. The highest BCUT2D eigenvalue weighted by molar-refractivity contribution is 6.32. The summed E-state index contributed by atoms with van der Waals surface area (Å²) in [6.07, 6.45) is 5.20. The van der Waals surface area contributed by atoms with Crippen molar-refractivity contribution in [3.05, 3.63) is 59.9 Å². The predicted octanol–water partition coefficient (Wildman–Crippen LogP) is 5.47. The van der Waals surface area contributed by atoms with Crippen molar-refractivity contribution in [2.24, 2.45) is 0 Å². The fourth-order valence-electron chi connectivity index (χ4n) is 3.42. The number of nitrogens with zero attached hydrogens (tertiary/aromatic N) is 6. The molecule has 0 saturated carbocycles. The number of amides is 1. The zero-order valence-electron chi connectivity index (χ0n) is 20.8. The molecule has 0 radical (unpaired) electrons. The number of halogens is 1. The van der Waals surface area contributed by atoms with E-state index < -0.39 is 11.6 Å². The van der Waals surface area contributed by atoms with Gasteiger partial charge in [-0.05, 0) is 45.9 Å². The third-order valence-electron chi connectivity index (χ3n) is 5.26. The Morgan fingerprint density at radius 2 is 1.86 bits per heavy atom. The molecule has 0 fully saturated rings. The minimum absolute atomic E-state index is 0.146. The van der Waals surface area contributed by atoms with Crippen molar-refractivity contribution in [3.63, 3.8) is 0 Å². The van der Waals surface area contributed by atoms with Gasteiger partial charge in [0.15, 0.2) is 0 Å². The maximum absolute atomic E-state index is 11.5. The second kappa shape index (κ2) is 10.8. The van der Waals surface area contributed by atoms with Crippen molar-refractivity contribution in [1.29, 1.82) is 0 Å². The number of rotatable bonds is 8. The number of anilines is 2. The van der Waals surface area contributed by atoms with Gasteiger partial charge in [-0.15, -0.1) is 0 Å². The van der Waals surface area contributed by atoms with Crippen molar-refractivity contribution < 1.29 is 19.4 Å². The summed E-state index contributed by atoms with van der Waals surface area (Å²) in [5, 5.41) is 13.5. The van der Waals surface area contributed by atoms with Crippen LogP contribution in [0.1, 0.15) is 26.5 Å². The number of nitrogens with one attached hydrogen (secondary N) is 1. The minimum Gasteiger partial charge on any atom is -0.490 e. The number of ether oxygens (including phenoxy) is 2. The molecule has 2 N–H and O–H groups in total. The SMILES string of the molecule is Cc1cnc(Nc2ncnc3ccc(Oc4ncc(OCCN(C(=O)O)C(C)(C)C)cc4Cl)cc23)cn1. The fourth-order valence-corrected chi connectivity index (χ4v) is 3.62. The molecule has 0 spiro atoms. The van der Waals surface area contributed by atoms with Crippen molar-refractivity contribution in [2.75, 3.05) is 18.5 Å². The lowest BCUT2D eigenvalue weighted by atomic mass is 10.1. The standard InChI is InChI=1S/C25H26ClN7O4/c1-15-11-28-21(13-27-15)32-22-18-9-16(5-6-20(18)30-14-31-22)37-23-19(26)10-17(12-29-23)36-8-7-33(24(34)35)25(2,3)4/h5-6,9-14H,7-8H2,1-4H3,(H,34,35)(H,28,30,31,32). The number of aryl methyl sites for hydroxylation is 1. The first-order chi connectivity index (χ1) is 17.6. The summed E-state index contributed by atoms with van der Waals surface area (Å²) in [5.41, 5.74) is 0.969. The molecule has 0 aliphatic carbocycles. The van der Waals surface area contributed by atoms with Crippen LogP contribution in [0.15, 0.2) is 49.2 Å². The maximum Gasteiger partial charge on any atom is 0.407 e. The molecule has 3 aromatic heterocycles. The number of pyridine rings is 1. The molecule has 4 aromatic rings. The van der Waals surface area contributed by atoms with E-state index in [1.807, 2.05) is 27.7 Å². The first-order valence-electron chi connectivity index (χ1n) is 11.4. The highest BCUT2D eigenvalue weighted by Crippen LogP contribution is 2.32. The van der Waals surface area contributed by atoms with Crippen molar-refractivity contribution >= 4 is 40.2 Å². The van der Waals surface area contributed by atoms with Gasteiger partial charge in [0, 0.05) is 17.0 Å². The lowest BCUT2D eigenvalue weighted by Crippen LogP contribution is -2.46. The first-order valence-corrected chi connectivity index (χ1v) is 11.7. The number of carboxylic acid groups (broad SMARTS) is 1. The molecule has 1 amide bonds. The molecule has 4 rings (SSSR count). The van der Waals surface area contributed by atoms with Crippen LogP contribution in [-0.2, 0) is 0 Å². The summed E-state index contributed by atoms with van der Waals surface area (Å²) in [6.45, 7) is 7.66. The molecule has 3 heterocycles. The summed E-state index contributed by atoms with van der Waals surface area (Å²) in [4.78, 5) is 34.2. The van der Waals surface area contributed by atoms with Crippen LogP contribution >= 0.6 is 11.6 Å². The van der Waals surface area contributed by atoms with E-state index in [1.165, 1.54) is 17.4 Å². The van der Waals surface area contributed by atoms with Gasteiger partial charge >= 0.3 is 6.09 Å². The Labute approximate surface area is 218 Å². The first kappa shape index (κ1) is 25.8. The zero-order valence-corrected chi connectivity index (χ0v) is 21.5. The van der Waals surface area contributed by atoms with E-state index in [2.05, 4.69) is 30.2 Å². The number of fused-ring (bicyclic) bond motifs is 1. The third kappa shape index (κ3) is 6.50. The normalized spacial score (nSPS) is 11.3. The molecular formula is C25H26ClN7O4. The Hall–Kier alpha value is -4.25. The molecule has 37 heavy (non-hydrogen) atoms. The summed E-state index contributed by atoms with van der Waals surface area (Å²) in [5.74, 6) is 2.15. The third-order valence-corrected chi connectivity index (χ3v) is 5.53. The van der Waals surface area contributed by atoms with E-state index in [1.54, 1.807) is 36.7 Å². The van der Waals surface area contributed by atoms with Gasteiger partial charge in [-0.25, -0.2) is 24.7 Å². The number of hydrogen-bond donors (Lipinski definition) is 2. The predicted molar refractivity (Wildman–Crippen MR) is 139 cm³/mol. The topological polar surface area (TPSA) is 135 Å². The van der Waals surface area contributed by atoms with Crippen LogP contribution < -0.4 is 14.8 Å². The van der Waals surface area contributed by atoms with E-state index in [0.29, 0.717) is 34.0 Å². The Morgan fingerprint density at radius 1 is 1.05 bits per heavy atom. The van der Waals surface area contributed by atoms with Crippen LogP contribution in [0.4, 0.5) is 16.4 Å². The molecule has 0 atom stereocenters. The molecular weight excluding hydrogens is 498 g/mol. The van der Waals surface area contributed by atoms with E-state index in [-0.39, 0.29) is 24.1 Å². The van der Waals surface area contributed by atoms with Crippen LogP contribution in [0, 0.1) is 6.92 Å². The molecule has 0 saturated heterocycles. The average Bonchev–Trinajstić information content (AvgIpc) is 2.84. The number of hydrogen-bond acceptors (Lipinski definition) is 9. The minimum atomic E-state index is -1.01. The highest BCUT2D eigenvalue weighted by atomic mass is 35.5. The van der Waals surface area contributed by atoms with Crippen LogP contribution in [0.3, 0.4) is 0 Å². The number of benzene rings is 1. The van der Waals surface area contributed by atoms with Crippen molar-refractivity contribution in [3.8, 4) is 17.4 Å². The van der Waals surface area contributed by atoms with E-state index in [0.717, 1.165) is 5.69 Å². The van der Waals surface area contributed by atoms with E-state index >= 15 is 0 Å². The molecule has 12 heteroatoms. The van der Waals surface area contributed by atoms with E-state index in [9.17, 15) is 9.90 Å². The van der Waals surface area contributed by atoms with Crippen LogP contribution in [-0.4, -0.2) is 59.7 Å². The molecule has 0 unspecified atom stereocenters. The van der Waals surface area contributed by atoms with Gasteiger partial charge in [-0.1, -0.05) is 11.6 Å². The second-order valence-corrected chi connectivity index (χ2v) is 9.49. The Kier molecular flexibility index (Phi) is 7.53. The van der Waals surface area contributed by atoms with Gasteiger partial charge in [-0.3, -0.25) is 4.98 Å². The quantitative estimate of drug-likeness (QED) is 0.306. The van der Waals surface area contributed by atoms with Crippen molar-refractivity contribution in [1.82, 2.24) is 29.8 Å². The summed E-state index contributed by atoms with van der Waals surface area (Å²) in [7, 11) is 0. The fraction of sp³-hybridized carbons (Fsp3) is 0.280. The Bertz CT molecular complexity index is 1410. The largest absolute Gasteiger partial charge is 0.490 e. The smallest absolute Gasteiger partial charge is 0.407 e. The summed E-state index contributed by atoms with van der Waals surface area (Å²) >= 11 is 6.39.